The molecule has 0 saturated carbocycles. The number of nitrogens with zero attached hydrogens (tertiary/aromatic N) is 2. The highest BCUT2D eigenvalue weighted by atomic mass is 16.4. The molecule has 2 N–H and O–H groups in total. The molecule has 0 spiro atoms. The average Bonchev–Trinajstić information content (AvgIpc) is 2.71. The standard InChI is InChI=1S/C22H16N2O2/c25-23-21(19-13-5-9-15-7-1-3-11-17(15)19)22(24-26)20-14-6-10-16-8-2-4-12-18(16)20/h1-14,25-26H/b23-21-,24-22-. The third-order valence-corrected chi connectivity index (χ3v) is 4.51. The van der Waals surface area contributed by atoms with Gasteiger partial charge in [-0.15, -0.1) is 0 Å². The summed E-state index contributed by atoms with van der Waals surface area (Å²) < 4.78 is 0. The molecule has 0 aliphatic rings. The topological polar surface area (TPSA) is 65.2 Å². The van der Waals surface area contributed by atoms with Crippen molar-refractivity contribution in [2.45, 2.75) is 0 Å². The zero-order chi connectivity index (χ0) is 17.9. The fourth-order valence-corrected chi connectivity index (χ4v) is 3.32. The molecular formula is C22H16N2O2. The minimum absolute atomic E-state index is 0.223. The Balaban J connectivity index is 1.95. The van der Waals surface area contributed by atoms with E-state index in [9.17, 15) is 10.4 Å². The van der Waals surface area contributed by atoms with Gasteiger partial charge in [-0.05, 0) is 21.5 Å². The molecule has 0 unspecified atom stereocenters. The second kappa shape index (κ2) is 6.69. The van der Waals surface area contributed by atoms with Crippen molar-refractivity contribution in [2.75, 3.05) is 0 Å². The second-order valence-corrected chi connectivity index (χ2v) is 5.95. The smallest absolute Gasteiger partial charge is 0.140 e. The molecule has 0 bridgehead atoms. The Bertz CT molecular complexity index is 1060. The number of hydrogen-bond donors (Lipinski definition) is 2. The Morgan fingerprint density at radius 1 is 0.500 bits per heavy atom. The first-order valence-corrected chi connectivity index (χ1v) is 8.24. The lowest BCUT2D eigenvalue weighted by atomic mass is 9.92. The maximum atomic E-state index is 9.77. The van der Waals surface area contributed by atoms with Crippen molar-refractivity contribution in [3.05, 3.63) is 96.1 Å². The van der Waals surface area contributed by atoms with Crippen LogP contribution in [0.3, 0.4) is 0 Å². The van der Waals surface area contributed by atoms with Crippen molar-refractivity contribution >= 4 is 33.0 Å². The van der Waals surface area contributed by atoms with Gasteiger partial charge in [-0.25, -0.2) is 0 Å². The molecule has 0 radical (unpaired) electrons. The SMILES string of the molecule is O/N=C(\C(=N/O)c1cccc2ccccc12)c1cccc2ccccc12. The fraction of sp³-hybridized carbons (Fsp3) is 0. The van der Waals surface area contributed by atoms with E-state index in [1.54, 1.807) is 0 Å². The van der Waals surface area contributed by atoms with Crippen molar-refractivity contribution in [2.24, 2.45) is 10.3 Å². The fourth-order valence-electron chi connectivity index (χ4n) is 3.32. The van der Waals surface area contributed by atoms with E-state index in [0.29, 0.717) is 11.1 Å². The van der Waals surface area contributed by atoms with Gasteiger partial charge in [0.1, 0.15) is 11.4 Å². The van der Waals surface area contributed by atoms with Crippen LogP contribution >= 0.6 is 0 Å². The van der Waals surface area contributed by atoms with Gasteiger partial charge >= 0.3 is 0 Å². The molecule has 0 heterocycles. The van der Waals surface area contributed by atoms with Crippen molar-refractivity contribution in [3.8, 4) is 0 Å². The van der Waals surface area contributed by atoms with E-state index in [1.807, 2.05) is 84.9 Å². The molecule has 26 heavy (non-hydrogen) atoms. The molecule has 126 valence electrons. The minimum Gasteiger partial charge on any atom is -0.410 e. The first-order chi connectivity index (χ1) is 12.8. The summed E-state index contributed by atoms with van der Waals surface area (Å²) in [6, 6.07) is 27.1. The van der Waals surface area contributed by atoms with Crippen LogP contribution in [0.2, 0.25) is 0 Å². The Morgan fingerprint density at radius 3 is 1.31 bits per heavy atom. The minimum atomic E-state index is 0.223. The zero-order valence-corrected chi connectivity index (χ0v) is 13.9. The predicted molar refractivity (Wildman–Crippen MR) is 105 cm³/mol. The Morgan fingerprint density at radius 2 is 0.885 bits per heavy atom. The van der Waals surface area contributed by atoms with Crippen LogP contribution in [0.15, 0.2) is 95.2 Å². The highest BCUT2D eigenvalue weighted by Crippen LogP contribution is 2.24. The lowest BCUT2D eigenvalue weighted by Crippen LogP contribution is -2.18. The molecule has 0 aliphatic heterocycles. The summed E-state index contributed by atoms with van der Waals surface area (Å²) in [4.78, 5) is 0. The summed E-state index contributed by atoms with van der Waals surface area (Å²) in [6.45, 7) is 0. The lowest BCUT2D eigenvalue weighted by Gasteiger charge is -2.12. The van der Waals surface area contributed by atoms with Crippen LogP contribution in [0.5, 0.6) is 0 Å². The van der Waals surface area contributed by atoms with E-state index in [4.69, 9.17) is 0 Å². The van der Waals surface area contributed by atoms with Gasteiger partial charge in [0.25, 0.3) is 0 Å². The Labute approximate surface area is 150 Å². The van der Waals surface area contributed by atoms with Gasteiger partial charge in [0.2, 0.25) is 0 Å². The first kappa shape index (κ1) is 15.8. The van der Waals surface area contributed by atoms with Gasteiger partial charge in [-0.1, -0.05) is 95.2 Å². The predicted octanol–water partition coefficient (Wildman–Crippen LogP) is 5.05. The van der Waals surface area contributed by atoms with E-state index in [-0.39, 0.29) is 11.4 Å². The summed E-state index contributed by atoms with van der Waals surface area (Å²) in [5.74, 6) is 0. The first-order valence-electron chi connectivity index (χ1n) is 8.24. The monoisotopic (exact) mass is 340 g/mol. The average molecular weight is 340 g/mol. The summed E-state index contributed by atoms with van der Waals surface area (Å²) in [6.07, 6.45) is 0. The second-order valence-electron chi connectivity index (χ2n) is 5.95. The Hall–Kier alpha value is -3.66. The molecule has 0 amide bonds. The molecule has 0 atom stereocenters. The molecule has 4 heteroatoms. The van der Waals surface area contributed by atoms with Crippen LogP contribution in [0, 0.1) is 0 Å². The number of oxime groups is 2. The zero-order valence-electron chi connectivity index (χ0n) is 13.9. The van der Waals surface area contributed by atoms with Gasteiger partial charge in [-0.2, -0.15) is 0 Å². The Kier molecular flexibility index (Phi) is 4.07. The highest BCUT2D eigenvalue weighted by Gasteiger charge is 2.19. The van der Waals surface area contributed by atoms with Crippen LogP contribution in [0.25, 0.3) is 21.5 Å². The lowest BCUT2D eigenvalue weighted by molar-refractivity contribution is 0.314. The van der Waals surface area contributed by atoms with Crippen LogP contribution in [0.1, 0.15) is 11.1 Å². The van der Waals surface area contributed by atoms with Crippen molar-refractivity contribution in [1.82, 2.24) is 0 Å². The normalized spacial score (nSPS) is 12.6. The molecule has 4 aromatic rings. The van der Waals surface area contributed by atoms with Gasteiger partial charge in [0.15, 0.2) is 0 Å². The molecule has 4 rings (SSSR count). The third-order valence-electron chi connectivity index (χ3n) is 4.51. The van der Waals surface area contributed by atoms with Gasteiger partial charge in [0, 0.05) is 11.1 Å². The van der Waals surface area contributed by atoms with E-state index >= 15 is 0 Å². The van der Waals surface area contributed by atoms with E-state index < -0.39 is 0 Å². The van der Waals surface area contributed by atoms with Crippen LogP contribution < -0.4 is 0 Å². The van der Waals surface area contributed by atoms with E-state index in [1.165, 1.54) is 0 Å². The van der Waals surface area contributed by atoms with Gasteiger partial charge in [0.05, 0.1) is 0 Å². The molecular weight excluding hydrogens is 324 g/mol. The van der Waals surface area contributed by atoms with Crippen LogP contribution in [-0.4, -0.2) is 21.8 Å². The van der Waals surface area contributed by atoms with Gasteiger partial charge < -0.3 is 10.4 Å². The van der Waals surface area contributed by atoms with E-state index in [2.05, 4.69) is 10.3 Å². The molecule has 0 aliphatic carbocycles. The summed E-state index contributed by atoms with van der Waals surface area (Å²) in [5.41, 5.74) is 1.85. The molecule has 4 aromatic carbocycles. The quantitative estimate of drug-likeness (QED) is 0.311. The van der Waals surface area contributed by atoms with E-state index in [0.717, 1.165) is 21.5 Å². The molecule has 0 fully saturated rings. The number of rotatable bonds is 3. The maximum Gasteiger partial charge on any atom is 0.140 e. The number of fused-ring (bicyclic) bond motifs is 2. The highest BCUT2D eigenvalue weighted by molar-refractivity contribution is 6.56. The number of benzene rings is 4. The number of hydrogen-bond acceptors (Lipinski definition) is 4. The molecule has 0 saturated heterocycles. The van der Waals surface area contributed by atoms with Crippen LogP contribution in [-0.2, 0) is 0 Å². The third kappa shape index (κ3) is 2.58. The van der Waals surface area contributed by atoms with Crippen molar-refractivity contribution in [3.63, 3.8) is 0 Å². The van der Waals surface area contributed by atoms with Crippen molar-refractivity contribution in [1.29, 1.82) is 0 Å². The van der Waals surface area contributed by atoms with Crippen molar-refractivity contribution < 1.29 is 10.4 Å². The molecule has 0 aromatic heterocycles. The summed E-state index contributed by atoms with van der Waals surface area (Å²) in [5, 5.41) is 30.4. The maximum absolute atomic E-state index is 9.77. The summed E-state index contributed by atoms with van der Waals surface area (Å²) >= 11 is 0. The summed E-state index contributed by atoms with van der Waals surface area (Å²) in [7, 11) is 0. The van der Waals surface area contributed by atoms with Crippen LogP contribution in [0.4, 0.5) is 0 Å². The largest absolute Gasteiger partial charge is 0.410 e. The van der Waals surface area contributed by atoms with Gasteiger partial charge in [-0.3, -0.25) is 0 Å². The molecule has 4 nitrogen and oxygen atoms in total.